The maximum absolute atomic E-state index is 11.7. The Hall–Kier alpha value is -1.32. The fourth-order valence-electron chi connectivity index (χ4n) is 1.31. The van der Waals surface area contributed by atoms with Gasteiger partial charge in [0.25, 0.3) is 0 Å². The average Bonchev–Trinajstić information content (AvgIpc) is 2.26. The summed E-state index contributed by atoms with van der Waals surface area (Å²) in [5, 5.41) is 0. The first-order valence-electron chi connectivity index (χ1n) is 5.79. The zero-order chi connectivity index (χ0) is 12.4. The second kappa shape index (κ2) is 8.95. The first-order chi connectivity index (χ1) is 7.65. The van der Waals surface area contributed by atoms with Gasteiger partial charge in [-0.25, -0.2) is 4.79 Å². The molecule has 0 aromatic rings. The van der Waals surface area contributed by atoms with Crippen molar-refractivity contribution >= 4 is 11.9 Å². The van der Waals surface area contributed by atoms with Gasteiger partial charge in [-0.05, 0) is 19.8 Å². The second-order valence-electron chi connectivity index (χ2n) is 3.41. The molecule has 0 saturated carbocycles. The van der Waals surface area contributed by atoms with E-state index in [1.54, 1.807) is 11.8 Å². The number of carbonyl (C=O) groups is 2. The predicted molar refractivity (Wildman–Crippen MR) is 62.9 cm³/mol. The molecule has 0 aliphatic rings. The Labute approximate surface area is 97.3 Å². The molecule has 0 aliphatic carbocycles. The molecule has 92 valence electrons. The zero-order valence-electron chi connectivity index (χ0n) is 10.4. The minimum Gasteiger partial charge on any atom is -0.463 e. The number of nitrogens with zero attached hydrogens (tertiary/aromatic N) is 1. The quantitative estimate of drug-likeness (QED) is 0.492. The maximum Gasteiger partial charge on any atom is 0.330 e. The molecule has 0 aromatic heterocycles. The molecule has 0 radical (unpaired) electrons. The van der Waals surface area contributed by atoms with Crippen molar-refractivity contribution in [3.05, 3.63) is 12.2 Å². The molecular weight excluding hydrogens is 206 g/mol. The molecule has 4 nitrogen and oxygen atoms in total. The summed E-state index contributed by atoms with van der Waals surface area (Å²) in [6.45, 7) is 7.54. The molecule has 4 heteroatoms. The van der Waals surface area contributed by atoms with Crippen molar-refractivity contribution in [1.29, 1.82) is 0 Å². The summed E-state index contributed by atoms with van der Waals surface area (Å²) in [6.07, 6.45) is 4.30. The molecule has 1 amide bonds. The first kappa shape index (κ1) is 14.7. The van der Waals surface area contributed by atoms with E-state index in [9.17, 15) is 9.59 Å². The first-order valence-corrected chi connectivity index (χ1v) is 5.79. The van der Waals surface area contributed by atoms with Crippen molar-refractivity contribution in [1.82, 2.24) is 4.90 Å². The number of hydrogen-bond acceptors (Lipinski definition) is 3. The van der Waals surface area contributed by atoms with E-state index in [4.69, 9.17) is 4.74 Å². The Kier molecular flexibility index (Phi) is 8.21. The van der Waals surface area contributed by atoms with Crippen LogP contribution in [0.4, 0.5) is 0 Å². The largest absolute Gasteiger partial charge is 0.463 e. The number of carbonyl (C=O) groups excluding carboxylic acids is 2. The van der Waals surface area contributed by atoms with E-state index in [0.29, 0.717) is 6.61 Å². The van der Waals surface area contributed by atoms with Gasteiger partial charge >= 0.3 is 5.97 Å². The van der Waals surface area contributed by atoms with Crippen LogP contribution in [0.5, 0.6) is 0 Å². The molecule has 0 N–H and O–H groups in total. The van der Waals surface area contributed by atoms with E-state index in [2.05, 4.69) is 0 Å². The Bertz CT molecular complexity index is 243. The number of esters is 1. The van der Waals surface area contributed by atoms with Crippen molar-refractivity contribution in [2.75, 3.05) is 19.7 Å². The highest BCUT2D eigenvalue weighted by molar-refractivity contribution is 5.94. The van der Waals surface area contributed by atoms with Crippen molar-refractivity contribution in [3.63, 3.8) is 0 Å². The van der Waals surface area contributed by atoms with Crippen LogP contribution >= 0.6 is 0 Å². The van der Waals surface area contributed by atoms with Gasteiger partial charge in [0.1, 0.15) is 0 Å². The summed E-state index contributed by atoms with van der Waals surface area (Å²) in [5.41, 5.74) is 0. The molecule has 0 unspecified atom stereocenters. The Morgan fingerprint density at radius 2 is 1.62 bits per heavy atom. The molecular formula is C12H21NO3. The molecule has 0 spiro atoms. The Morgan fingerprint density at radius 3 is 2.06 bits per heavy atom. The van der Waals surface area contributed by atoms with Crippen molar-refractivity contribution in [2.24, 2.45) is 0 Å². The average molecular weight is 227 g/mol. The number of hydrogen-bond donors (Lipinski definition) is 0. The molecule has 0 fully saturated rings. The molecule has 0 atom stereocenters. The van der Waals surface area contributed by atoms with Gasteiger partial charge in [-0.3, -0.25) is 4.79 Å². The molecule has 0 saturated heterocycles. The minimum atomic E-state index is -0.469. The number of rotatable bonds is 7. The summed E-state index contributed by atoms with van der Waals surface area (Å²) in [4.78, 5) is 24.4. The van der Waals surface area contributed by atoms with E-state index in [1.807, 2.05) is 13.8 Å². The standard InChI is InChI=1S/C12H21NO3/c1-4-9-13(10-5-2)11(14)7-8-12(15)16-6-3/h7-8H,4-6,9-10H2,1-3H3/b8-7+. The highest BCUT2D eigenvalue weighted by Gasteiger charge is 2.08. The zero-order valence-corrected chi connectivity index (χ0v) is 10.4. The highest BCUT2D eigenvalue weighted by Crippen LogP contribution is 1.96. The van der Waals surface area contributed by atoms with Gasteiger partial charge in [0.15, 0.2) is 0 Å². The molecule has 0 heterocycles. The monoisotopic (exact) mass is 227 g/mol. The molecule has 0 aliphatic heterocycles. The topological polar surface area (TPSA) is 46.6 Å². The van der Waals surface area contributed by atoms with Crippen LogP contribution in [0.25, 0.3) is 0 Å². The maximum atomic E-state index is 11.7. The third-order valence-electron chi connectivity index (χ3n) is 1.95. The molecule has 0 rings (SSSR count). The second-order valence-corrected chi connectivity index (χ2v) is 3.41. The van der Waals surface area contributed by atoms with Crippen molar-refractivity contribution in [2.45, 2.75) is 33.6 Å². The lowest BCUT2D eigenvalue weighted by atomic mass is 10.3. The number of ether oxygens (including phenoxy) is 1. The van der Waals surface area contributed by atoms with Crippen LogP contribution in [0.2, 0.25) is 0 Å². The summed E-state index contributed by atoms with van der Waals surface area (Å²) >= 11 is 0. The smallest absolute Gasteiger partial charge is 0.330 e. The lowest BCUT2D eigenvalue weighted by Gasteiger charge is -2.19. The summed E-state index contributed by atoms with van der Waals surface area (Å²) in [7, 11) is 0. The van der Waals surface area contributed by atoms with Crippen LogP contribution in [0.15, 0.2) is 12.2 Å². The SMILES string of the molecule is CCCN(CCC)C(=O)/C=C/C(=O)OCC. The van der Waals surface area contributed by atoms with Gasteiger partial charge in [-0.15, -0.1) is 0 Å². The Balaban J connectivity index is 4.22. The van der Waals surface area contributed by atoms with Crippen LogP contribution in [-0.2, 0) is 14.3 Å². The van der Waals surface area contributed by atoms with Gasteiger partial charge in [-0.1, -0.05) is 13.8 Å². The van der Waals surface area contributed by atoms with Gasteiger partial charge in [0.2, 0.25) is 5.91 Å². The molecule has 0 aromatic carbocycles. The predicted octanol–water partition coefficient (Wildman–Crippen LogP) is 1.75. The van der Waals surface area contributed by atoms with E-state index in [-0.39, 0.29) is 5.91 Å². The summed E-state index contributed by atoms with van der Waals surface area (Å²) in [6, 6.07) is 0. The summed E-state index contributed by atoms with van der Waals surface area (Å²) < 4.78 is 4.70. The minimum absolute atomic E-state index is 0.128. The van der Waals surface area contributed by atoms with Crippen LogP contribution in [0.3, 0.4) is 0 Å². The van der Waals surface area contributed by atoms with Crippen LogP contribution in [0.1, 0.15) is 33.6 Å². The normalized spacial score (nSPS) is 10.4. The van der Waals surface area contributed by atoms with Crippen LogP contribution < -0.4 is 0 Å². The van der Waals surface area contributed by atoms with E-state index >= 15 is 0 Å². The summed E-state index contributed by atoms with van der Waals surface area (Å²) in [5.74, 6) is -0.597. The van der Waals surface area contributed by atoms with E-state index in [0.717, 1.165) is 25.9 Å². The van der Waals surface area contributed by atoms with Crippen molar-refractivity contribution in [3.8, 4) is 0 Å². The number of amides is 1. The van der Waals surface area contributed by atoms with Gasteiger partial charge in [-0.2, -0.15) is 0 Å². The third-order valence-corrected chi connectivity index (χ3v) is 1.95. The molecule has 16 heavy (non-hydrogen) atoms. The van der Waals surface area contributed by atoms with E-state index < -0.39 is 5.97 Å². The van der Waals surface area contributed by atoms with E-state index in [1.165, 1.54) is 12.2 Å². The fourth-order valence-corrected chi connectivity index (χ4v) is 1.31. The van der Waals surface area contributed by atoms with Gasteiger partial charge in [0.05, 0.1) is 6.61 Å². The Morgan fingerprint density at radius 1 is 1.06 bits per heavy atom. The van der Waals surface area contributed by atoms with Crippen LogP contribution in [0, 0.1) is 0 Å². The van der Waals surface area contributed by atoms with Crippen LogP contribution in [-0.4, -0.2) is 36.5 Å². The van der Waals surface area contributed by atoms with Gasteiger partial charge in [0, 0.05) is 25.2 Å². The highest BCUT2D eigenvalue weighted by atomic mass is 16.5. The third kappa shape index (κ3) is 6.22. The molecule has 0 bridgehead atoms. The van der Waals surface area contributed by atoms with Crippen molar-refractivity contribution < 1.29 is 14.3 Å². The van der Waals surface area contributed by atoms with Gasteiger partial charge < -0.3 is 9.64 Å². The fraction of sp³-hybridized carbons (Fsp3) is 0.667. The lowest BCUT2D eigenvalue weighted by molar-refractivity contribution is -0.137. The lowest BCUT2D eigenvalue weighted by Crippen LogP contribution is -2.31.